The molecule has 2 aliphatic heterocycles. The van der Waals surface area contributed by atoms with Gasteiger partial charge in [0.2, 0.25) is 17.7 Å². The smallest absolute Gasteiger partial charge is 0.308 e. The Morgan fingerprint density at radius 2 is 1.66 bits per heavy atom. The molecule has 3 atom stereocenters. The van der Waals surface area contributed by atoms with Crippen LogP contribution < -0.4 is 19.8 Å². The predicted molar refractivity (Wildman–Crippen MR) is 157 cm³/mol. The van der Waals surface area contributed by atoms with E-state index in [4.69, 9.17) is 16.3 Å². The molecule has 0 spiro atoms. The van der Waals surface area contributed by atoms with E-state index in [1.165, 1.54) is 28.7 Å². The number of nitrogens with one attached hydrogen (secondary N) is 1. The van der Waals surface area contributed by atoms with E-state index in [-0.39, 0.29) is 23.1 Å². The quantitative estimate of drug-likeness (QED) is 0.241. The lowest BCUT2D eigenvalue weighted by molar-refractivity contribution is -0.122. The van der Waals surface area contributed by atoms with Gasteiger partial charge < -0.3 is 15.2 Å². The first-order chi connectivity index (χ1) is 19.7. The number of carbonyl (C=O) groups excluding carboxylic acids is 3. The molecule has 0 radical (unpaired) electrons. The van der Waals surface area contributed by atoms with Crippen LogP contribution in [-0.2, 0) is 20.9 Å². The standard InChI is InChI=1S/C29H22ClN3O6S2/c1-39-20-12-8-18(9-13-20)33-26(36)23-22(15-2-4-16(30)5-3-15)25-28(40-24(23)27(33)37)32(29(38)41-25)14-21(35)31-17-6-10-19(34)11-7-17/h2-13,22-24,34H,14H2,1H3,(H,31,35)/t22-,23-,24+/m0/s1. The second-order valence-electron chi connectivity index (χ2n) is 9.52. The zero-order valence-electron chi connectivity index (χ0n) is 21.4. The zero-order valence-corrected chi connectivity index (χ0v) is 23.8. The molecule has 4 aromatic rings. The van der Waals surface area contributed by atoms with Crippen molar-refractivity contribution in [2.45, 2.75) is 22.7 Å². The minimum atomic E-state index is -0.807. The Morgan fingerprint density at radius 3 is 2.32 bits per heavy atom. The number of thiazole rings is 1. The monoisotopic (exact) mass is 607 g/mol. The lowest BCUT2D eigenvalue weighted by atomic mass is 9.83. The van der Waals surface area contributed by atoms with Gasteiger partial charge >= 0.3 is 4.87 Å². The summed E-state index contributed by atoms with van der Waals surface area (Å²) in [5, 5.41) is 12.4. The van der Waals surface area contributed by atoms with Crippen LogP contribution in [0, 0.1) is 5.92 Å². The van der Waals surface area contributed by atoms with Crippen molar-refractivity contribution in [3.05, 3.63) is 97.9 Å². The Kier molecular flexibility index (Phi) is 7.10. The van der Waals surface area contributed by atoms with Crippen LogP contribution in [-0.4, -0.2) is 39.8 Å². The molecule has 1 saturated heterocycles. The summed E-state index contributed by atoms with van der Waals surface area (Å²) in [6, 6.07) is 19.7. The summed E-state index contributed by atoms with van der Waals surface area (Å²) in [4.78, 5) is 55.4. The van der Waals surface area contributed by atoms with Crippen LogP contribution in [0.15, 0.2) is 82.6 Å². The number of amides is 3. The third-order valence-corrected chi connectivity index (χ3v) is 9.92. The van der Waals surface area contributed by atoms with Crippen molar-refractivity contribution >= 4 is 63.8 Å². The Hall–Kier alpha value is -4.06. The first kappa shape index (κ1) is 27.1. The van der Waals surface area contributed by atoms with Crippen molar-refractivity contribution in [2.24, 2.45) is 5.92 Å². The molecule has 0 aliphatic carbocycles. The minimum Gasteiger partial charge on any atom is -0.508 e. The van der Waals surface area contributed by atoms with Gasteiger partial charge in [0.25, 0.3) is 0 Å². The van der Waals surface area contributed by atoms with E-state index in [1.54, 1.807) is 60.7 Å². The SMILES string of the molecule is COc1ccc(N2C(=O)[C@H]3[C@H](c4ccc(Cl)cc4)c4sc(=O)n(CC(=O)Nc5ccc(O)cc5)c4S[C@H]3C2=O)cc1. The number of halogens is 1. The van der Waals surface area contributed by atoms with Gasteiger partial charge in [-0.3, -0.25) is 23.7 Å². The molecule has 208 valence electrons. The number of hydrogen-bond donors (Lipinski definition) is 2. The fraction of sp³-hybridized carbons (Fsp3) is 0.172. The second kappa shape index (κ2) is 10.7. The third-order valence-electron chi connectivity index (χ3n) is 7.06. The first-order valence-electron chi connectivity index (χ1n) is 12.5. The number of phenols is 1. The van der Waals surface area contributed by atoms with Gasteiger partial charge in [-0.1, -0.05) is 46.8 Å². The highest BCUT2D eigenvalue weighted by atomic mass is 35.5. The number of rotatable bonds is 6. The Morgan fingerprint density at radius 1 is 0.976 bits per heavy atom. The highest BCUT2D eigenvalue weighted by molar-refractivity contribution is 8.00. The van der Waals surface area contributed by atoms with Crippen LogP contribution in [0.1, 0.15) is 16.4 Å². The normalized spacial score (nSPS) is 19.6. The Labute approximate surface area is 247 Å². The van der Waals surface area contributed by atoms with Crippen LogP contribution >= 0.6 is 34.7 Å². The number of phenolic OH excluding ortho intramolecular Hbond substituents is 1. The molecular formula is C29H22ClN3O6S2. The molecule has 12 heteroatoms. The summed E-state index contributed by atoms with van der Waals surface area (Å²) < 4.78 is 6.57. The van der Waals surface area contributed by atoms with Crippen LogP contribution in [0.4, 0.5) is 11.4 Å². The number of carbonyl (C=O) groups is 3. The summed E-state index contributed by atoms with van der Waals surface area (Å²) >= 11 is 8.26. The summed E-state index contributed by atoms with van der Waals surface area (Å²) in [6.07, 6.45) is 0. The maximum Gasteiger partial charge on any atom is 0.308 e. The van der Waals surface area contributed by atoms with Crippen LogP contribution in [0.5, 0.6) is 11.5 Å². The number of ether oxygens (including phenoxy) is 1. The number of imide groups is 1. The molecule has 2 aliphatic rings. The average molecular weight is 608 g/mol. The molecule has 1 aromatic heterocycles. The van der Waals surface area contributed by atoms with Crippen LogP contribution in [0.25, 0.3) is 0 Å². The zero-order chi connectivity index (χ0) is 28.8. The van der Waals surface area contributed by atoms with Crippen molar-refractivity contribution in [3.63, 3.8) is 0 Å². The number of thioether (sulfide) groups is 1. The fourth-order valence-corrected chi connectivity index (χ4v) is 8.06. The number of aromatic nitrogens is 1. The molecule has 6 rings (SSSR count). The van der Waals surface area contributed by atoms with Crippen LogP contribution in [0.3, 0.4) is 0 Å². The second-order valence-corrected chi connectivity index (χ2v) is 12.1. The van der Waals surface area contributed by atoms with Crippen molar-refractivity contribution in [3.8, 4) is 11.5 Å². The Balaban J connectivity index is 1.39. The molecule has 9 nitrogen and oxygen atoms in total. The van der Waals surface area contributed by atoms with Gasteiger partial charge in [-0.25, -0.2) is 4.90 Å². The number of anilines is 2. The summed E-state index contributed by atoms with van der Waals surface area (Å²) in [5.74, 6) is -1.90. The highest BCUT2D eigenvalue weighted by Gasteiger charge is 2.56. The summed E-state index contributed by atoms with van der Waals surface area (Å²) in [6.45, 7) is -0.284. The van der Waals surface area contributed by atoms with E-state index in [0.717, 1.165) is 28.7 Å². The molecular weight excluding hydrogens is 586 g/mol. The largest absolute Gasteiger partial charge is 0.508 e. The molecule has 3 aromatic carbocycles. The number of hydrogen-bond acceptors (Lipinski definition) is 8. The molecule has 0 unspecified atom stereocenters. The van der Waals surface area contributed by atoms with Gasteiger partial charge in [0.15, 0.2) is 0 Å². The number of methoxy groups -OCH3 is 1. The van der Waals surface area contributed by atoms with E-state index in [1.807, 2.05) is 0 Å². The van der Waals surface area contributed by atoms with Gasteiger partial charge in [-0.2, -0.15) is 0 Å². The number of aromatic hydroxyl groups is 1. The highest BCUT2D eigenvalue weighted by Crippen LogP contribution is 2.54. The van der Waals surface area contributed by atoms with Gasteiger partial charge in [0.05, 0.1) is 23.7 Å². The summed E-state index contributed by atoms with van der Waals surface area (Å²) in [5.41, 5.74) is 1.63. The first-order valence-corrected chi connectivity index (χ1v) is 14.6. The van der Waals surface area contributed by atoms with Crippen molar-refractivity contribution in [1.29, 1.82) is 0 Å². The van der Waals surface area contributed by atoms with Gasteiger partial charge in [-0.15, -0.1) is 0 Å². The van der Waals surface area contributed by atoms with E-state index >= 15 is 0 Å². The number of nitrogens with zero attached hydrogens (tertiary/aromatic N) is 2. The molecule has 0 saturated carbocycles. The van der Waals surface area contributed by atoms with Crippen molar-refractivity contribution in [2.75, 3.05) is 17.3 Å². The minimum absolute atomic E-state index is 0.0600. The van der Waals surface area contributed by atoms with Crippen molar-refractivity contribution in [1.82, 2.24) is 4.57 Å². The molecule has 1 fully saturated rings. The third kappa shape index (κ3) is 4.90. The lowest BCUT2D eigenvalue weighted by Crippen LogP contribution is -2.33. The average Bonchev–Trinajstić information content (AvgIpc) is 3.41. The van der Waals surface area contributed by atoms with Gasteiger partial charge in [-0.05, 0) is 66.2 Å². The van der Waals surface area contributed by atoms with E-state index < -0.39 is 28.9 Å². The Bertz CT molecular complexity index is 1720. The van der Waals surface area contributed by atoms with Gasteiger partial charge in [0, 0.05) is 21.5 Å². The lowest BCUT2D eigenvalue weighted by Gasteiger charge is -2.30. The maximum absolute atomic E-state index is 13.9. The van der Waals surface area contributed by atoms with Crippen LogP contribution in [0.2, 0.25) is 5.02 Å². The van der Waals surface area contributed by atoms with E-state index in [9.17, 15) is 24.3 Å². The predicted octanol–water partition coefficient (Wildman–Crippen LogP) is 4.71. The molecule has 0 bridgehead atoms. The number of fused-ring (bicyclic) bond motifs is 2. The van der Waals surface area contributed by atoms with Gasteiger partial charge in [0.1, 0.15) is 23.3 Å². The molecule has 3 amide bonds. The van der Waals surface area contributed by atoms with Crippen molar-refractivity contribution < 1.29 is 24.2 Å². The summed E-state index contributed by atoms with van der Waals surface area (Å²) in [7, 11) is 1.53. The maximum atomic E-state index is 13.9. The topological polar surface area (TPSA) is 118 Å². The molecule has 2 N–H and O–H groups in total. The molecule has 41 heavy (non-hydrogen) atoms. The van der Waals surface area contributed by atoms with E-state index in [2.05, 4.69) is 5.32 Å². The number of benzene rings is 3. The van der Waals surface area contributed by atoms with E-state index in [0.29, 0.717) is 32.1 Å². The fourth-order valence-electron chi connectivity index (χ4n) is 5.16. The molecule has 3 heterocycles.